The molecule has 16 heteroatoms. The van der Waals surface area contributed by atoms with Gasteiger partial charge in [0, 0.05) is 42.5 Å². The van der Waals surface area contributed by atoms with Crippen LogP contribution in [0.3, 0.4) is 0 Å². The number of aromatic hydroxyl groups is 1. The molecule has 0 fully saturated rings. The molecule has 1 aliphatic carbocycles. The van der Waals surface area contributed by atoms with E-state index < -0.39 is 43.7 Å². The van der Waals surface area contributed by atoms with E-state index in [2.05, 4.69) is 24.1 Å². The normalized spacial score (nSPS) is 16.7. The summed E-state index contributed by atoms with van der Waals surface area (Å²) in [5.41, 5.74) is 0.410. The minimum Gasteiger partial charge on any atom is -0.511 e. The summed E-state index contributed by atoms with van der Waals surface area (Å²) in [5.74, 6) is -0.0421. The molecule has 1 aliphatic rings. The van der Waals surface area contributed by atoms with Crippen molar-refractivity contribution in [2.24, 2.45) is 18.1 Å². The van der Waals surface area contributed by atoms with Gasteiger partial charge in [0.15, 0.2) is 15.6 Å². The molecule has 2 N–H and O–H groups in total. The fourth-order valence-electron chi connectivity index (χ4n) is 5.01. The second-order valence-electron chi connectivity index (χ2n) is 10.8. The Morgan fingerprint density at radius 2 is 1.94 bits per heavy atom. The zero-order valence-corrected chi connectivity index (χ0v) is 29.3. The number of thioether (sulfide) groups is 1. The number of aliphatic hydroxyl groups excluding tert-OH is 1. The van der Waals surface area contributed by atoms with Gasteiger partial charge in [0.05, 0.1) is 27.4 Å². The van der Waals surface area contributed by atoms with Crippen LogP contribution in [0.2, 0.25) is 0 Å². The number of allylic oxidation sites excluding steroid dienone is 2. The maximum Gasteiger partial charge on any atom is 0.416 e. The fraction of sp³-hybridized carbons (Fsp3) is 0.484. The molecule has 2 unspecified atom stereocenters. The van der Waals surface area contributed by atoms with Crippen LogP contribution in [0.1, 0.15) is 73.6 Å². The maximum absolute atomic E-state index is 12.8. The van der Waals surface area contributed by atoms with Crippen LogP contribution < -0.4 is 0 Å². The molecule has 10 nitrogen and oxygen atoms in total. The molecule has 3 rings (SSSR count). The smallest absolute Gasteiger partial charge is 0.416 e. The van der Waals surface area contributed by atoms with Gasteiger partial charge in [0.2, 0.25) is 11.7 Å². The van der Waals surface area contributed by atoms with Crippen LogP contribution in [0.4, 0.5) is 13.2 Å². The number of aromatic nitrogens is 2. The van der Waals surface area contributed by atoms with Crippen molar-refractivity contribution in [3.8, 4) is 5.88 Å². The van der Waals surface area contributed by atoms with E-state index in [0.717, 1.165) is 22.9 Å². The number of benzene rings is 1. The molecule has 1 aromatic heterocycles. The molecule has 0 amide bonds. The fourth-order valence-corrected chi connectivity index (χ4v) is 6.96. The van der Waals surface area contributed by atoms with Gasteiger partial charge in [-0.1, -0.05) is 37.5 Å². The van der Waals surface area contributed by atoms with Crippen LogP contribution >= 0.6 is 23.4 Å². The monoisotopic (exact) mass is 721 g/mol. The molecule has 0 radical (unpaired) electrons. The number of aryl methyl sites for hydroxylation is 2. The van der Waals surface area contributed by atoms with Crippen LogP contribution in [0.15, 0.2) is 51.2 Å². The van der Waals surface area contributed by atoms with Gasteiger partial charge in [0.1, 0.15) is 17.9 Å². The Morgan fingerprint density at radius 3 is 2.43 bits per heavy atom. The van der Waals surface area contributed by atoms with E-state index in [1.165, 1.54) is 19.5 Å². The predicted octanol–water partition coefficient (Wildman–Crippen LogP) is 6.93. The molecular formula is C31H39ClF3N3O7S2. The zero-order chi connectivity index (χ0) is 35.7. The van der Waals surface area contributed by atoms with Crippen LogP contribution in [-0.2, 0) is 32.7 Å². The highest BCUT2D eigenvalue weighted by molar-refractivity contribution is 7.99. The molecule has 0 saturated carbocycles. The molecule has 2 aromatic rings. The van der Waals surface area contributed by atoms with Crippen molar-refractivity contribution in [2.45, 2.75) is 69.7 Å². The largest absolute Gasteiger partial charge is 0.511 e. The lowest BCUT2D eigenvalue weighted by molar-refractivity contribution is -0.137. The minimum absolute atomic E-state index is 0.0375. The number of nitrogens with zero attached hydrogens (tertiary/aromatic N) is 3. The summed E-state index contributed by atoms with van der Waals surface area (Å²) in [6.07, 6.45) is 0.0330. The van der Waals surface area contributed by atoms with Crippen molar-refractivity contribution < 1.29 is 46.2 Å². The summed E-state index contributed by atoms with van der Waals surface area (Å²) >= 11 is 7.30. The zero-order valence-electron chi connectivity index (χ0n) is 26.9. The van der Waals surface area contributed by atoms with Gasteiger partial charge in [-0.2, -0.15) is 30.0 Å². The SMILES string of the molecule is CCSC(C)CC1CC(=O)C(/C(CC)=N/OC/C=C/Cl)=C(O)C1.Cc1nn(C)c(O)c1C(=O)c1ccc(C(F)(F)F)cc1S(C)(=O)=O. The van der Waals surface area contributed by atoms with Gasteiger partial charge in [-0.25, -0.2) is 13.1 Å². The summed E-state index contributed by atoms with van der Waals surface area (Å²) in [6.45, 7) is 7.85. The Morgan fingerprint density at radius 1 is 1.28 bits per heavy atom. The average molecular weight is 722 g/mol. The lowest BCUT2D eigenvalue weighted by Gasteiger charge is -2.25. The van der Waals surface area contributed by atoms with E-state index >= 15 is 0 Å². The first-order valence-electron chi connectivity index (χ1n) is 14.6. The van der Waals surface area contributed by atoms with Crippen LogP contribution in [0, 0.1) is 12.8 Å². The van der Waals surface area contributed by atoms with Crippen LogP contribution in [-0.4, -0.2) is 69.6 Å². The van der Waals surface area contributed by atoms with E-state index in [4.69, 9.17) is 16.4 Å². The number of halogens is 4. The lowest BCUT2D eigenvalue weighted by Crippen LogP contribution is -2.26. The average Bonchev–Trinajstić information content (AvgIpc) is 3.22. The Labute approximate surface area is 281 Å². The number of hydrogen-bond acceptors (Lipinski definition) is 10. The number of ketones is 2. The number of carbonyl (C=O) groups is 2. The van der Waals surface area contributed by atoms with Crippen molar-refractivity contribution >= 4 is 50.5 Å². The lowest BCUT2D eigenvalue weighted by atomic mass is 9.82. The first-order valence-corrected chi connectivity index (χ1v) is 17.9. The summed E-state index contributed by atoms with van der Waals surface area (Å²) < 4.78 is 63.1. The Hall–Kier alpha value is -3.30. The second kappa shape index (κ2) is 17.2. The number of alkyl halides is 3. The summed E-state index contributed by atoms with van der Waals surface area (Å²) in [7, 11) is -2.75. The van der Waals surface area contributed by atoms with Gasteiger partial charge in [-0.3, -0.25) is 9.59 Å². The van der Waals surface area contributed by atoms with Gasteiger partial charge < -0.3 is 15.1 Å². The molecule has 47 heavy (non-hydrogen) atoms. The number of rotatable bonds is 12. The molecule has 2 atom stereocenters. The van der Waals surface area contributed by atoms with Gasteiger partial charge >= 0.3 is 6.18 Å². The Balaban J connectivity index is 0.000000327. The highest BCUT2D eigenvalue weighted by Crippen LogP contribution is 2.34. The standard InChI is InChI=1S/C17H26ClNO3S.C14H13F3N2O4S/c1-4-14(19-22-8-6-7-18)17-15(20)10-13(11-16(17)21)9-12(3)23-5-2;1-7-11(13(21)19(2)18-7)12(20)9-5-4-8(14(15,16)17)6-10(9)24(3,22)23/h6-7,12-13,20H,4-5,8-11H2,1-3H3;4-6,21H,1-3H3/b7-6+,19-14+;. The number of hydrogen-bond donors (Lipinski definition) is 2. The molecule has 0 saturated heterocycles. The maximum atomic E-state index is 12.8. The third kappa shape index (κ3) is 10.9. The van der Waals surface area contributed by atoms with Crippen molar-refractivity contribution in [3.63, 3.8) is 0 Å². The van der Waals surface area contributed by atoms with E-state index in [1.807, 2.05) is 18.7 Å². The van der Waals surface area contributed by atoms with E-state index in [0.29, 0.717) is 54.2 Å². The topological polar surface area (TPSA) is 148 Å². The highest BCUT2D eigenvalue weighted by Gasteiger charge is 2.34. The van der Waals surface area contributed by atoms with E-state index in [1.54, 1.807) is 6.08 Å². The molecule has 0 aliphatic heterocycles. The highest BCUT2D eigenvalue weighted by atomic mass is 35.5. The van der Waals surface area contributed by atoms with Gasteiger partial charge in [0.25, 0.3) is 0 Å². The Bertz CT molecular complexity index is 1650. The Kier molecular flexibility index (Phi) is 14.6. The number of aliphatic hydroxyl groups is 1. The molecule has 260 valence electrons. The summed E-state index contributed by atoms with van der Waals surface area (Å²) in [6, 6.07) is 1.81. The second-order valence-corrected chi connectivity index (χ2v) is 14.7. The third-order valence-electron chi connectivity index (χ3n) is 7.07. The molecule has 1 heterocycles. The molecule has 0 bridgehead atoms. The van der Waals surface area contributed by atoms with Crippen molar-refractivity contribution in [1.82, 2.24) is 9.78 Å². The number of carbonyl (C=O) groups excluding carboxylic acids is 2. The number of sulfone groups is 1. The first kappa shape index (κ1) is 39.9. The van der Waals surface area contributed by atoms with Crippen LogP contribution in [0.5, 0.6) is 5.88 Å². The number of oxime groups is 1. The third-order valence-corrected chi connectivity index (χ3v) is 9.48. The minimum atomic E-state index is -4.76. The quantitative estimate of drug-likeness (QED) is 0.103. The molecule has 1 aromatic carbocycles. The van der Waals surface area contributed by atoms with Crippen molar-refractivity contribution in [3.05, 3.63) is 63.5 Å². The number of Topliss-reactive ketones (excluding diaryl/α,β-unsaturated/α-hetero) is 1. The van der Waals surface area contributed by atoms with Crippen LogP contribution in [0.25, 0.3) is 0 Å². The van der Waals surface area contributed by atoms with Gasteiger partial charge in [-0.15, -0.1) is 0 Å². The summed E-state index contributed by atoms with van der Waals surface area (Å²) in [5, 5.41) is 28.5. The van der Waals surface area contributed by atoms with Gasteiger partial charge in [-0.05, 0) is 55.7 Å². The summed E-state index contributed by atoms with van der Waals surface area (Å²) in [4.78, 5) is 29.4. The first-order chi connectivity index (χ1) is 21.9. The molecular weight excluding hydrogens is 683 g/mol. The van der Waals surface area contributed by atoms with Crippen molar-refractivity contribution in [2.75, 3.05) is 18.6 Å². The van der Waals surface area contributed by atoms with E-state index in [-0.39, 0.29) is 35.3 Å². The predicted molar refractivity (Wildman–Crippen MR) is 176 cm³/mol. The van der Waals surface area contributed by atoms with Crippen molar-refractivity contribution in [1.29, 1.82) is 0 Å². The van der Waals surface area contributed by atoms with E-state index in [9.17, 15) is 41.4 Å². The molecule has 0 spiro atoms.